The zero-order chi connectivity index (χ0) is 17.1. The minimum absolute atomic E-state index is 0.193. The van der Waals surface area contributed by atoms with Crippen molar-refractivity contribution in [1.29, 1.82) is 0 Å². The van der Waals surface area contributed by atoms with E-state index in [0.29, 0.717) is 12.2 Å². The maximum Gasteiger partial charge on any atom is 0.233 e. The number of nitrogens with zero attached hydrogens (tertiary/aromatic N) is 4. The largest absolute Gasteiger partial charge is 0.373 e. The summed E-state index contributed by atoms with van der Waals surface area (Å²) in [5, 5.41) is 0. The van der Waals surface area contributed by atoms with Crippen LogP contribution in [0.1, 0.15) is 24.1 Å². The molecular formula is C19H21FN4O. The summed E-state index contributed by atoms with van der Waals surface area (Å²) in [7, 11) is 0. The van der Waals surface area contributed by atoms with Gasteiger partial charge in [0, 0.05) is 43.8 Å². The van der Waals surface area contributed by atoms with E-state index in [1.54, 1.807) is 18.3 Å². The summed E-state index contributed by atoms with van der Waals surface area (Å²) in [6.07, 6.45) is 7.86. The first-order chi connectivity index (χ1) is 12.3. The summed E-state index contributed by atoms with van der Waals surface area (Å²) in [4.78, 5) is 11.2. The monoisotopic (exact) mass is 340 g/mol. The van der Waals surface area contributed by atoms with Crippen LogP contribution in [0.15, 0.2) is 48.9 Å². The smallest absolute Gasteiger partial charge is 0.233 e. The zero-order valence-corrected chi connectivity index (χ0v) is 14.0. The molecule has 3 aromatic rings. The quantitative estimate of drug-likeness (QED) is 0.716. The van der Waals surface area contributed by atoms with Gasteiger partial charge in [-0.2, -0.15) is 0 Å². The number of ether oxygens (including phenoxy) is 1. The molecule has 25 heavy (non-hydrogen) atoms. The van der Waals surface area contributed by atoms with E-state index in [0.717, 1.165) is 43.9 Å². The molecule has 5 nitrogen and oxygen atoms in total. The van der Waals surface area contributed by atoms with Crippen molar-refractivity contribution in [3.63, 3.8) is 0 Å². The van der Waals surface area contributed by atoms with Gasteiger partial charge in [-0.3, -0.25) is 9.30 Å². The fraction of sp³-hybridized carbons (Fsp3) is 0.368. The minimum atomic E-state index is -0.194. The molecule has 0 radical (unpaired) electrons. The van der Waals surface area contributed by atoms with Crippen molar-refractivity contribution >= 4 is 5.78 Å². The van der Waals surface area contributed by atoms with Crippen LogP contribution in [0.25, 0.3) is 5.78 Å². The summed E-state index contributed by atoms with van der Waals surface area (Å²) in [6.45, 7) is 3.09. The Morgan fingerprint density at radius 1 is 1.16 bits per heavy atom. The summed E-state index contributed by atoms with van der Waals surface area (Å²) >= 11 is 0. The van der Waals surface area contributed by atoms with Gasteiger partial charge >= 0.3 is 0 Å². The standard InChI is InChI=1S/C19H21FN4O/c20-18-5-2-1-4-15(18)14-25-17-6-10-23(11-7-17)12-16-13-24-9-3-8-21-19(24)22-16/h1-5,8-9,13,17H,6-7,10-12,14H2. The highest BCUT2D eigenvalue weighted by Gasteiger charge is 2.21. The van der Waals surface area contributed by atoms with Crippen LogP contribution in [0.4, 0.5) is 4.39 Å². The third kappa shape index (κ3) is 3.86. The molecule has 1 saturated heterocycles. The van der Waals surface area contributed by atoms with E-state index in [4.69, 9.17) is 4.74 Å². The van der Waals surface area contributed by atoms with E-state index in [1.807, 2.05) is 28.9 Å². The number of rotatable bonds is 5. The summed E-state index contributed by atoms with van der Waals surface area (Å²) in [6, 6.07) is 8.70. The van der Waals surface area contributed by atoms with Gasteiger partial charge in [0.1, 0.15) is 5.82 Å². The molecule has 0 N–H and O–H groups in total. The van der Waals surface area contributed by atoms with Crippen LogP contribution in [0.5, 0.6) is 0 Å². The molecule has 1 aliphatic heterocycles. The molecule has 1 aliphatic rings. The second kappa shape index (κ2) is 7.29. The SMILES string of the molecule is Fc1ccccc1COC1CCN(Cc2cn3cccnc3n2)CC1. The number of hydrogen-bond acceptors (Lipinski definition) is 4. The topological polar surface area (TPSA) is 42.7 Å². The molecule has 0 spiro atoms. The van der Waals surface area contributed by atoms with E-state index in [-0.39, 0.29) is 11.9 Å². The van der Waals surface area contributed by atoms with E-state index in [2.05, 4.69) is 14.9 Å². The molecule has 0 saturated carbocycles. The van der Waals surface area contributed by atoms with Gasteiger partial charge in [-0.25, -0.2) is 14.4 Å². The molecule has 0 aliphatic carbocycles. The average Bonchev–Trinajstić information content (AvgIpc) is 3.04. The van der Waals surface area contributed by atoms with Gasteiger partial charge in [-0.05, 0) is 25.0 Å². The van der Waals surface area contributed by atoms with Gasteiger partial charge in [0.05, 0.1) is 18.4 Å². The van der Waals surface area contributed by atoms with E-state index >= 15 is 0 Å². The first-order valence-electron chi connectivity index (χ1n) is 8.64. The lowest BCUT2D eigenvalue weighted by molar-refractivity contribution is -0.00511. The van der Waals surface area contributed by atoms with Crippen LogP contribution < -0.4 is 0 Å². The highest BCUT2D eigenvalue weighted by molar-refractivity contribution is 5.29. The maximum atomic E-state index is 13.6. The van der Waals surface area contributed by atoms with Crippen molar-refractivity contribution in [1.82, 2.24) is 19.3 Å². The molecule has 6 heteroatoms. The maximum absolute atomic E-state index is 13.6. The lowest BCUT2D eigenvalue weighted by atomic mass is 10.1. The van der Waals surface area contributed by atoms with Crippen LogP contribution in [0.3, 0.4) is 0 Å². The van der Waals surface area contributed by atoms with Gasteiger partial charge in [-0.15, -0.1) is 0 Å². The number of aromatic nitrogens is 3. The molecule has 2 aromatic heterocycles. The van der Waals surface area contributed by atoms with Gasteiger partial charge < -0.3 is 4.74 Å². The first-order valence-corrected chi connectivity index (χ1v) is 8.64. The molecule has 0 atom stereocenters. The molecule has 130 valence electrons. The Hall–Kier alpha value is -2.31. The van der Waals surface area contributed by atoms with Crippen molar-refractivity contribution in [3.05, 3.63) is 66.0 Å². The fourth-order valence-electron chi connectivity index (χ4n) is 3.24. The highest BCUT2D eigenvalue weighted by atomic mass is 19.1. The number of halogens is 1. The number of likely N-dealkylation sites (tertiary alicyclic amines) is 1. The predicted molar refractivity (Wildman–Crippen MR) is 92.5 cm³/mol. The van der Waals surface area contributed by atoms with E-state index < -0.39 is 0 Å². The Bertz CT molecular complexity index is 809. The van der Waals surface area contributed by atoms with Crippen molar-refractivity contribution in [2.45, 2.75) is 32.1 Å². The molecule has 1 fully saturated rings. The molecule has 4 rings (SSSR count). The lowest BCUT2D eigenvalue weighted by Crippen LogP contribution is -2.36. The van der Waals surface area contributed by atoms with Crippen LogP contribution in [-0.2, 0) is 17.9 Å². The number of imidazole rings is 1. The van der Waals surface area contributed by atoms with E-state index in [9.17, 15) is 4.39 Å². The van der Waals surface area contributed by atoms with Gasteiger partial charge in [-0.1, -0.05) is 18.2 Å². The van der Waals surface area contributed by atoms with Crippen LogP contribution in [-0.4, -0.2) is 38.5 Å². The number of hydrogen-bond donors (Lipinski definition) is 0. The Balaban J connectivity index is 1.27. The average molecular weight is 340 g/mol. The first kappa shape index (κ1) is 16.2. The lowest BCUT2D eigenvalue weighted by Gasteiger charge is -2.31. The van der Waals surface area contributed by atoms with Crippen molar-refractivity contribution < 1.29 is 9.13 Å². The zero-order valence-electron chi connectivity index (χ0n) is 14.0. The molecule has 0 unspecified atom stereocenters. The fourth-order valence-corrected chi connectivity index (χ4v) is 3.24. The van der Waals surface area contributed by atoms with Crippen molar-refractivity contribution in [2.24, 2.45) is 0 Å². The number of benzene rings is 1. The summed E-state index contributed by atoms with van der Waals surface area (Å²) < 4.78 is 21.5. The van der Waals surface area contributed by atoms with Crippen LogP contribution in [0.2, 0.25) is 0 Å². The molecule has 3 heterocycles. The Morgan fingerprint density at radius 2 is 2.00 bits per heavy atom. The number of fused-ring (bicyclic) bond motifs is 1. The number of piperidine rings is 1. The minimum Gasteiger partial charge on any atom is -0.373 e. The summed E-state index contributed by atoms with van der Waals surface area (Å²) in [5.41, 5.74) is 1.66. The van der Waals surface area contributed by atoms with Gasteiger partial charge in [0.2, 0.25) is 5.78 Å². The molecule has 0 amide bonds. The third-order valence-corrected chi connectivity index (χ3v) is 4.64. The van der Waals surface area contributed by atoms with Gasteiger partial charge in [0.25, 0.3) is 0 Å². The van der Waals surface area contributed by atoms with Crippen LogP contribution in [0, 0.1) is 5.82 Å². The molecule has 1 aromatic carbocycles. The third-order valence-electron chi connectivity index (χ3n) is 4.64. The summed E-state index contributed by atoms with van der Waals surface area (Å²) in [5.74, 6) is 0.543. The second-order valence-corrected chi connectivity index (χ2v) is 6.44. The Kier molecular flexibility index (Phi) is 4.72. The second-order valence-electron chi connectivity index (χ2n) is 6.44. The predicted octanol–water partition coefficient (Wildman–Crippen LogP) is 3.05. The Morgan fingerprint density at radius 3 is 2.80 bits per heavy atom. The van der Waals surface area contributed by atoms with Crippen molar-refractivity contribution in [3.8, 4) is 0 Å². The van der Waals surface area contributed by atoms with Gasteiger partial charge in [0.15, 0.2) is 0 Å². The highest BCUT2D eigenvalue weighted by Crippen LogP contribution is 2.18. The molecule has 0 bridgehead atoms. The van der Waals surface area contributed by atoms with Crippen molar-refractivity contribution in [2.75, 3.05) is 13.1 Å². The molecular weight excluding hydrogens is 319 g/mol. The Labute approximate surface area is 146 Å². The van der Waals surface area contributed by atoms with E-state index in [1.165, 1.54) is 6.07 Å². The van der Waals surface area contributed by atoms with Crippen LogP contribution >= 0.6 is 0 Å². The normalized spacial score (nSPS) is 16.5.